The Morgan fingerprint density at radius 1 is 1.89 bits per heavy atom. The van der Waals surface area contributed by atoms with Crippen LogP contribution in [0.15, 0.2) is 12.5 Å². The third-order valence-corrected chi connectivity index (χ3v) is 0.844. The van der Waals surface area contributed by atoms with Gasteiger partial charge in [-0.3, -0.25) is 4.79 Å². The number of carbonyl (C=O) groups is 1. The van der Waals surface area contributed by atoms with E-state index in [2.05, 4.69) is 9.97 Å². The van der Waals surface area contributed by atoms with Crippen LogP contribution in [-0.2, 0) is 0 Å². The first-order valence-corrected chi connectivity index (χ1v) is 2.27. The molecule has 1 heterocycles. The smallest absolute Gasteiger partial charge is 0.279 e. The zero-order valence-electron chi connectivity index (χ0n) is 4.46. The minimum absolute atomic E-state index is 0.234. The average molecular weight is 121 g/mol. The number of hydrogen-bond acceptors (Lipinski definition) is 3. The summed E-state index contributed by atoms with van der Waals surface area (Å²) >= 11 is 0. The summed E-state index contributed by atoms with van der Waals surface area (Å²) < 4.78 is 0. The number of nitrogens with zero attached hydrogens (tertiary/aromatic N) is 2. The summed E-state index contributed by atoms with van der Waals surface area (Å²) in [4.78, 5) is 16.5. The number of rotatable bonds is 1. The number of nitrogens with one attached hydrogen (secondary N) is 1. The molecule has 1 rings (SSSR count). The molecule has 0 saturated carbocycles. The van der Waals surface area contributed by atoms with Gasteiger partial charge in [0.1, 0.15) is 11.8 Å². The third kappa shape index (κ3) is 0.941. The zero-order valence-corrected chi connectivity index (χ0v) is 4.46. The highest BCUT2D eigenvalue weighted by atomic mass is 16.1. The normalized spacial score (nSPS) is 8.33. The van der Waals surface area contributed by atoms with Gasteiger partial charge in [-0.25, -0.2) is 4.98 Å². The van der Waals surface area contributed by atoms with Crippen molar-refractivity contribution in [2.24, 2.45) is 0 Å². The summed E-state index contributed by atoms with van der Waals surface area (Å²) in [7, 11) is 0. The summed E-state index contributed by atoms with van der Waals surface area (Å²) in [5, 5.41) is 8.06. The van der Waals surface area contributed by atoms with Gasteiger partial charge in [-0.2, -0.15) is 5.26 Å². The summed E-state index contributed by atoms with van der Waals surface area (Å²) in [6, 6.07) is 1.46. The Labute approximate surface area is 51.1 Å². The molecule has 0 aliphatic rings. The maximum Gasteiger partial charge on any atom is 0.279 e. The van der Waals surface area contributed by atoms with Crippen LogP contribution >= 0.6 is 0 Å². The van der Waals surface area contributed by atoms with E-state index in [0.29, 0.717) is 0 Å². The summed E-state index contributed by atoms with van der Waals surface area (Å²) in [6.07, 6.45) is 2.66. The lowest BCUT2D eigenvalue weighted by Crippen LogP contribution is -1.92. The molecule has 0 aromatic carbocycles. The van der Waals surface area contributed by atoms with Gasteiger partial charge < -0.3 is 4.98 Å². The Bertz CT molecular complexity index is 244. The van der Waals surface area contributed by atoms with Crippen molar-refractivity contribution >= 4 is 5.78 Å². The van der Waals surface area contributed by atoms with Gasteiger partial charge in [-0.15, -0.1) is 0 Å². The molecule has 0 unspecified atom stereocenters. The second kappa shape index (κ2) is 2.09. The molecule has 1 aromatic rings. The second-order valence-corrected chi connectivity index (χ2v) is 1.41. The van der Waals surface area contributed by atoms with Gasteiger partial charge in [-0.05, 0) is 0 Å². The summed E-state index contributed by atoms with van der Waals surface area (Å²) in [5.41, 5.74) is 0.234. The first-order valence-electron chi connectivity index (χ1n) is 2.27. The molecule has 0 aliphatic carbocycles. The number of imidazole rings is 1. The molecular formula is C5H3N3O. The number of ketones is 1. The maximum atomic E-state index is 10.4. The molecule has 1 aromatic heterocycles. The van der Waals surface area contributed by atoms with Gasteiger partial charge in [0, 0.05) is 0 Å². The van der Waals surface area contributed by atoms with E-state index in [-0.39, 0.29) is 5.69 Å². The Morgan fingerprint density at radius 3 is 3.11 bits per heavy atom. The number of Topliss-reactive ketones (excluding diaryl/α,β-unsaturated/α-hetero) is 1. The van der Waals surface area contributed by atoms with Crippen molar-refractivity contribution in [3.63, 3.8) is 0 Å². The quantitative estimate of drug-likeness (QED) is 0.423. The lowest BCUT2D eigenvalue weighted by atomic mass is 10.3. The number of nitriles is 1. The largest absolute Gasteiger partial charge is 0.341 e. The van der Waals surface area contributed by atoms with E-state index in [9.17, 15) is 4.79 Å². The predicted molar refractivity (Wildman–Crippen MR) is 28.5 cm³/mol. The van der Waals surface area contributed by atoms with Crippen LogP contribution in [0.5, 0.6) is 0 Å². The molecule has 0 amide bonds. The van der Waals surface area contributed by atoms with Crippen LogP contribution in [0.1, 0.15) is 10.5 Å². The lowest BCUT2D eigenvalue weighted by Gasteiger charge is -1.77. The Morgan fingerprint density at radius 2 is 2.67 bits per heavy atom. The number of hydrogen-bond donors (Lipinski definition) is 1. The number of carbonyl (C=O) groups excluding carboxylic acids is 1. The first-order chi connectivity index (χ1) is 4.34. The third-order valence-electron chi connectivity index (χ3n) is 0.844. The molecule has 9 heavy (non-hydrogen) atoms. The summed E-state index contributed by atoms with van der Waals surface area (Å²) in [6.45, 7) is 0. The van der Waals surface area contributed by atoms with Crippen LogP contribution in [0.2, 0.25) is 0 Å². The minimum atomic E-state index is -0.590. The molecule has 0 atom stereocenters. The fourth-order valence-electron chi connectivity index (χ4n) is 0.440. The minimum Gasteiger partial charge on any atom is -0.341 e. The number of H-pyrrole nitrogens is 1. The Balaban J connectivity index is 2.93. The van der Waals surface area contributed by atoms with E-state index in [1.54, 1.807) is 0 Å². The molecular weight excluding hydrogens is 118 g/mol. The van der Waals surface area contributed by atoms with Crippen LogP contribution in [0.25, 0.3) is 0 Å². The van der Waals surface area contributed by atoms with Crippen molar-refractivity contribution in [1.82, 2.24) is 9.97 Å². The molecule has 0 bridgehead atoms. The fourth-order valence-corrected chi connectivity index (χ4v) is 0.440. The van der Waals surface area contributed by atoms with Crippen LogP contribution in [0.4, 0.5) is 0 Å². The van der Waals surface area contributed by atoms with Crippen molar-refractivity contribution in [2.75, 3.05) is 0 Å². The Kier molecular flexibility index (Phi) is 1.28. The maximum absolute atomic E-state index is 10.4. The van der Waals surface area contributed by atoms with Crippen LogP contribution in [0.3, 0.4) is 0 Å². The van der Waals surface area contributed by atoms with Gasteiger partial charge >= 0.3 is 0 Å². The topological polar surface area (TPSA) is 69.5 Å². The first kappa shape index (κ1) is 5.51. The second-order valence-electron chi connectivity index (χ2n) is 1.41. The van der Waals surface area contributed by atoms with Crippen molar-refractivity contribution < 1.29 is 4.79 Å². The highest BCUT2D eigenvalue weighted by molar-refractivity contribution is 6.05. The number of aromatic nitrogens is 2. The molecule has 0 radical (unpaired) electrons. The highest BCUT2D eigenvalue weighted by Crippen LogP contribution is 1.89. The van der Waals surface area contributed by atoms with E-state index < -0.39 is 5.78 Å². The SMILES string of the molecule is N#CC(=O)c1cnc[nH]1. The van der Waals surface area contributed by atoms with Crippen LogP contribution < -0.4 is 0 Å². The lowest BCUT2D eigenvalue weighted by molar-refractivity contribution is 0.105. The molecule has 4 heteroatoms. The molecule has 1 N–H and O–H groups in total. The van der Waals surface area contributed by atoms with Gasteiger partial charge in [0.25, 0.3) is 5.78 Å². The Hall–Kier alpha value is -1.63. The molecule has 44 valence electrons. The van der Waals surface area contributed by atoms with Crippen molar-refractivity contribution in [3.8, 4) is 6.07 Å². The molecule has 4 nitrogen and oxygen atoms in total. The van der Waals surface area contributed by atoms with Crippen molar-refractivity contribution in [2.45, 2.75) is 0 Å². The average Bonchev–Trinajstić information content (AvgIpc) is 2.37. The van der Waals surface area contributed by atoms with Crippen LogP contribution in [-0.4, -0.2) is 15.8 Å². The van der Waals surface area contributed by atoms with E-state index in [4.69, 9.17) is 5.26 Å². The zero-order chi connectivity index (χ0) is 6.69. The van der Waals surface area contributed by atoms with E-state index in [0.717, 1.165) is 0 Å². The van der Waals surface area contributed by atoms with Crippen LogP contribution in [0, 0.1) is 11.3 Å². The van der Waals surface area contributed by atoms with Crippen molar-refractivity contribution in [3.05, 3.63) is 18.2 Å². The van der Waals surface area contributed by atoms with Gasteiger partial charge in [-0.1, -0.05) is 0 Å². The highest BCUT2D eigenvalue weighted by Gasteiger charge is 2.02. The molecule has 0 saturated heterocycles. The van der Waals surface area contributed by atoms with E-state index in [1.807, 2.05) is 0 Å². The monoisotopic (exact) mass is 121 g/mol. The number of aromatic amines is 1. The van der Waals surface area contributed by atoms with Gasteiger partial charge in [0.05, 0.1) is 12.5 Å². The van der Waals surface area contributed by atoms with E-state index in [1.165, 1.54) is 18.6 Å². The van der Waals surface area contributed by atoms with E-state index >= 15 is 0 Å². The fraction of sp³-hybridized carbons (Fsp3) is 0. The summed E-state index contributed by atoms with van der Waals surface area (Å²) in [5.74, 6) is -0.590. The predicted octanol–water partition coefficient (Wildman–Crippen LogP) is 0.116. The molecule has 0 fully saturated rings. The molecule has 0 aliphatic heterocycles. The van der Waals surface area contributed by atoms with Gasteiger partial charge in [0.2, 0.25) is 0 Å². The van der Waals surface area contributed by atoms with Gasteiger partial charge in [0.15, 0.2) is 0 Å². The molecule has 0 spiro atoms. The standard InChI is InChI=1S/C5H3N3O/c6-1-5(9)4-2-7-3-8-4/h2-3H,(H,7,8). The van der Waals surface area contributed by atoms with Crippen molar-refractivity contribution in [1.29, 1.82) is 5.26 Å².